The second kappa shape index (κ2) is 8.58. The van der Waals surface area contributed by atoms with Crippen molar-refractivity contribution in [3.63, 3.8) is 0 Å². The first-order valence-corrected chi connectivity index (χ1v) is 7.30. The molecule has 0 saturated carbocycles. The van der Waals surface area contributed by atoms with Crippen molar-refractivity contribution in [3.8, 4) is 11.5 Å². The zero-order chi connectivity index (χ0) is 16.5. The number of ether oxygens (including phenoxy) is 2. The lowest BCUT2D eigenvalue weighted by molar-refractivity contribution is -0.116. The molecular formula is C18H20N2O3. The fourth-order valence-corrected chi connectivity index (χ4v) is 2.18. The van der Waals surface area contributed by atoms with Gasteiger partial charge in [-0.1, -0.05) is 18.2 Å². The Hall–Kier alpha value is -2.82. The van der Waals surface area contributed by atoms with E-state index in [4.69, 9.17) is 9.47 Å². The Morgan fingerprint density at radius 3 is 2.78 bits per heavy atom. The molecule has 1 aromatic heterocycles. The first kappa shape index (κ1) is 16.5. The molecule has 5 nitrogen and oxygen atoms in total. The van der Waals surface area contributed by atoms with E-state index >= 15 is 0 Å². The van der Waals surface area contributed by atoms with Crippen LogP contribution in [0.2, 0.25) is 0 Å². The van der Waals surface area contributed by atoms with E-state index in [1.165, 1.54) is 6.08 Å². The number of aromatic nitrogens is 1. The second-order valence-electron chi connectivity index (χ2n) is 4.81. The normalized spacial score (nSPS) is 10.5. The van der Waals surface area contributed by atoms with E-state index in [1.807, 2.05) is 30.3 Å². The van der Waals surface area contributed by atoms with Crippen molar-refractivity contribution in [2.24, 2.45) is 0 Å². The van der Waals surface area contributed by atoms with Crippen LogP contribution < -0.4 is 14.8 Å². The summed E-state index contributed by atoms with van der Waals surface area (Å²) in [5.74, 6) is 1.25. The summed E-state index contributed by atoms with van der Waals surface area (Å²) in [7, 11) is 3.21. The summed E-state index contributed by atoms with van der Waals surface area (Å²) in [5.41, 5.74) is 1.88. The minimum Gasteiger partial charge on any atom is -0.493 e. The summed E-state index contributed by atoms with van der Waals surface area (Å²) in [6, 6.07) is 9.42. The molecule has 0 aliphatic rings. The Morgan fingerprint density at radius 1 is 1.22 bits per heavy atom. The zero-order valence-electron chi connectivity index (χ0n) is 13.3. The van der Waals surface area contributed by atoms with Gasteiger partial charge < -0.3 is 14.8 Å². The summed E-state index contributed by atoms with van der Waals surface area (Å²) in [5, 5.41) is 2.85. The average Bonchev–Trinajstić information content (AvgIpc) is 2.60. The van der Waals surface area contributed by atoms with Crippen LogP contribution in [0.15, 0.2) is 48.8 Å². The van der Waals surface area contributed by atoms with E-state index in [1.54, 1.807) is 32.7 Å². The van der Waals surface area contributed by atoms with Crippen molar-refractivity contribution in [2.45, 2.75) is 6.42 Å². The van der Waals surface area contributed by atoms with Gasteiger partial charge >= 0.3 is 0 Å². The number of pyridine rings is 1. The summed E-state index contributed by atoms with van der Waals surface area (Å²) >= 11 is 0. The van der Waals surface area contributed by atoms with Crippen LogP contribution in [0.1, 0.15) is 11.1 Å². The van der Waals surface area contributed by atoms with Gasteiger partial charge in [0.25, 0.3) is 0 Å². The summed E-state index contributed by atoms with van der Waals surface area (Å²) in [6.07, 6.45) is 7.28. The minimum atomic E-state index is -0.143. The van der Waals surface area contributed by atoms with E-state index in [2.05, 4.69) is 10.3 Å². The van der Waals surface area contributed by atoms with Crippen LogP contribution in [0.4, 0.5) is 0 Å². The Morgan fingerprint density at radius 2 is 2.09 bits per heavy atom. The fraction of sp³-hybridized carbons (Fsp3) is 0.222. The number of nitrogens with zero attached hydrogens (tertiary/aromatic N) is 1. The molecule has 1 heterocycles. The number of nitrogens with one attached hydrogen (secondary N) is 1. The Labute approximate surface area is 136 Å². The molecule has 5 heteroatoms. The maximum absolute atomic E-state index is 11.8. The minimum absolute atomic E-state index is 0.143. The molecule has 0 saturated heterocycles. The van der Waals surface area contributed by atoms with E-state index in [9.17, 15) is 4.79 Å². The van der Waals surface area contributed by atoms with Crippen LogP contribution in [0.3, 0.4) is 0 Å². The van der Waals surface area contributed by atoms with Crippen LogP contribution in [0.5, 0.6) is 11.5 Å². The first-order valence-electron chi connectivity index (χ1n) is 7.30. The van der Waals surface area contributed by atoms with Gasteiger partial charge in [-0.2, -0.15) is 0 Å². The Bertz CT molecular complexity index is 669. The van der Waals surface area contributed by atoms with Gasteiger partial charge in [-0.3, -0.25) is 9.78 Å². The van der Waals surface area contributed by atoms with Crippen LogP contribution in [0.25, 0.3) is 6.08 Å². The van der Waals surface area contributed by atoms with Gasteiger partial charge in [0.15, 0.2) is 11.5 Å². The number of methoxy groups -OCH3 is 2. The third-order valence-corrected chi connectivity index (χ3v) is 3.29. The molecule has 0 bridgehead atoms. The molecule has 0 fully saturated rings. The zero-order valence-corrected chi connectivity index (χ0v) is 13.3. The lowest BCUT2D eigenvalue weighted by Gasteiger charge is -2.12. The maximum Gasteiger partial charge on any atom is 0.244 e. The number of hydrogen-bond donors (Lipinski definition) is 1. The number of rotatable bonds is 7. The van der Waals surface area contributed by atoms with Gasteiger partial charge in [-0.25, -0.2) is 0 Å². The highest BCUT2D eigenvalue weighted by atomic mass is 16.5. The molecule has 0 radical (unpaired) electrons. The van der Waals surface area contributed by atoms with Crippen molar-refractivity contribution in [1.29, 1.82) is 0 Å². The quantitative estimate of drug-likeness (QED) is 0.798. The number of para-hydroxylation sites is 1. The van der Waals surface area contributed by atoms with Crippen molar-refractivity contribution in [1.82, 2.24) is 10.3 Å². The Balaban J connectivity index is 1.88. The lowest BCUT2D eigenvalue weighted by Crippen LogP contribution is -2.23. The number of carbonyl (C=O) groups is 1. The van der Waals surface area contributed by atoms with Crippen molar-refractivity contribution < 1.29 is 14.3 Å². The van der Waals surface area contributed by atoms with Gasteiger partial charge in [-0.15, -0.1) is 0 Å². The molecule has 23 heavy (non-hydrogen) atoms. The van der Waals surface area contributed by atoms with E-state index in [-0.39, 0.29) is 5.91 Å². The SMILES string of the molecule is COc1cccc(CCNC(=O)/C=C/c2cccnc2)c1OC. The fourth-order valence-electron chi connectivity index (χ4n) is 2.18. The molecule has 2 rings (SSSR count). The largest absolute Gasteiger partial charge is 0.493 e. The standard InChI is InChI=1S/C18H20N2O3/c1-22-16-7-3-6-15(18(16)23-2)10-12-20-17(21)9-8-14-5-4-11-19-13-14/h3-9,11,13H,10,12H2,1-2H3,(H,20,21)/b9-8+. The number of amides is 1. The first-order chi connectivity index (χ1) is 11.2. The van der Waals surface area contributed by atoms with Crippen LogP contribution >= 0.6 is 0 Å². The molecule has 1 N–H and O–H groups in total. The molecule has 2 aromatic rings. The number of hydrogen-bond acceptors (Lipinski definition) is 4. The van der Waals surface area contributed by atoms with Crippen molar-refractivity contribution >= 4 is 12.0 Å². The molecule has 1 aromatic carbocycles. The molecule has 0 spiro atoms. The molecular weight excluding hydrogens is 292 g/mol. The van der Waals surface area contributed by atoms with E-state index < -0.39 is 0 Å². The molecule has 0 aliphatic carbocycles. The Kier molecular flexibility index (Phi) is 6.17. The van der Waals surface area contributed by atoms with Gasteiger partial charge in [0.05, 0.1) is 14.2 Å². The van der Waals surface area contributed by atoms with Gasteiger partial charge in [0, 0.05) is 25.0 Å². The maximum atomic E-state index is 11.8. The van der Waals surface area contributed by atoms with Crippen molar-refractivity contribution in [3.05, 3.63) is 59.9 Å². The van der Waals surface area contributed by atoms with Crippen LogP contribution in [-0.2, 0) is 11.2 Å². The highest BCUT2D eigenvalue weighted by Gasteiger charge is 2.09. The van der Waals surface area contributed by atoms with E-state index in [0.29, 0.717) is 24.5 Å². The van der Waals surface area contributed by atoms with Gasteiger partial charge in [-0.05, 0) is 35.8 Å². The monoisotopic (exact) mass is 312 g/mol. The highest BCUT2D eigenvalue weighted by molar-refractivity contribution is 5.91. The third-order valence-electron chi connectivity index (χ3n) is 3.29. The van der Waals surface area contributed by atoms with Crippen LogP contribution in [0, 0.1) is 0 Å². The summed E-state index contributed by atoms with van der Waals surface area (Å²) in [6.45, 7) is 0.514. The highest BCUT2D eigenvalue weighted by Crippen LogP contribution is 2.30. The number of benzene rings is 1. The van der Waals surface area contributed by atoms with Gasteiger partial charge in [0.2, 0.25) is 5.91 Å². The summed E-state index contributed by atoms with van der Waals surface area (Å²) < 4.78 is 10.6. The molecule has 0 atom stereocenters. The predicted molar refractivity (Wildman–Crippen MR) is 89.5 cm³/mol. The lowest BCUT2D eigenvalue weighted by atomic mass is 10.1. The molecule has 120 valence electrons. The van der Waals surface area contributed by atoms with Gasteiger partial charge in [0.1, 0.15) is 0 Å². The number of carbonyl (C=O) groups excluding carboxylic acids is 1. The van der Waals surface area contributed by atoms with Crippen molar-refractivity contribution in [2.75, 3.05) is 20.8 Å². The smallest absolute Gasteiger partial charge is 0.244 e. The second-order valence-corrected chi connectivity index (χ2v) is 4.81. The van der Waals surface area contributed by atoms with Crippen LogP contribution in [-0.4, -0.2) is 31.7 Å². The molecule has 0 aliphatic heterocycles. The topological polar surface area (TPSA) is 60.5 Å². The van der Waals surface area contributed by atoms with E-state index in [0.717, 1.165) is 11.1 Å². The predicted octanol–water partition coefficient (Wildman–Crippen LogP) is 2.47. The average molecular weight is 312 g/mol. The molecule has 1 amide bonds. The third kappa shape index (κ3) is 4.85. The summed E-state index contributed by atoms with van der Waals surface area (Å²) in [4.78, 5) is 15.8. The molecule has 0 unspecified atom stereocenters.